The summed E-state index contributed by atoms with van der Waals surface area (Å²) in [6.45, 7) is 3.60. The number of furan rings is 1. The number of hydrogen-bond acceptors (Lipinski definition) is 5. The number of sulfonamides is 1. The summed E-state index contributed by atoms with van der Waals surface area (Å²) in [6, 6.07) is 17.3. The molecule has 8 heteroatoms. The Morgan fingerprint density at radius 2 is 1.82 bits per heavy atom. The predicted octanol–water partition coefficient (Wildman–Crippen LogP) is 5.04. The van der Waals surface area contributed by atoms with E-state index < -0.39 is 10.0 Å². The van der Waals surface area contributed by atoms with E-state index in [1.165, 1.54) is 6.07 Å². The van der Waals surface area contributed by atoms with Crippen LogP contribution in [0.5, 0.6) is 5.75 Å². The highest BCUT2D eigenvalue weighted by Crippen LogP contribution is 2.27. The summed E-state index contributed by atoms with van der Waals surface area (Å²) >= 11 is 0. The Morgan fingerprint density at radius 1 is 1.00 bits per heavy atom. The standard InChI is InChI=1S/C25H24N2O5S/c1-16-5-4-6-20(11-16)27-33(29,30)24-13-19(8-7-17(24)2)26-25(28)12-18-15-32-23-14-21(31-3)9-10-22(18)23/h4-11,13-15,27H,12H2,1-3H3,(H,26,28). The zero-order valence-electron chi connectivity index (χ0n) is 18.5. The van der Waals surface area contributed by atoms with Crippen LogP contribution >= 0.6 is 0 Å². The van der Waals surface area contributed by atoms with Gasteiger partial charge in [-0.25, -0.2) is 8.42 Å². The molecule has 0 saturated heterocycles. The van der Waals surface area contributed by atoms with E-state index in [1.54, 1.807) is 62.8 Å². The van der Waals surface area contributed by atoms with Crippen molar-refractivity contribution >= 4 is 38.3 Å². The maximum Gasteiger partial charge on any atom is 0.262 e. The summed E-state index contributed by atoms with van der Waals surface area (Å²) in [5.41, 5.74) is 3.74. The number of amides is 1. The highest BCUT2D eigenvalue weighted by molar-refractivity contribution is 7.92. The third kappa shape index (κ3) is 5.01. The van der Waals surface area contributed by atoms with Gasteiger partial charge in [-0.3, -0.25) is 9.52 Å². The van der Waals surface area contributed by atoms with Crippen molar-refractivity contribution in [1.29, 1.82) is 0 Å². The van der Waals surface area contributed by atoms with Crippen LogP contribution in [0, 0.1) is 13.8 Å². The van der Waals surface area contributed by atoms with Gasteiger partial charge in [0, 0.05) is 28.4 Å². The van der Waals surface area contributed by atoms with Crippen molar-refractivity contribution in [3.8, 4) is 5.75 Å². The summed E-state index contributed by atoms with van der Waals surface area (Å²) in [5.74, 6) is 0.382. The van der Waals surface area contributed by atoms with E-state index in [0.717, 1.165) is 16.5 Å². The molecule has 3 aromatic carbocycles. The van der Waals surface area contributed by atoms with Gasteiger partial charge in [-0.1, -0.05) is 18.2 Å². The molecule has 0 atom stereocenters. The minimum absolute atomic E-state index is 0.0802. The van der Waals surface area contributed by atoms with Gasteiger partial charge >= 0.3 is 0 Å². The molecule has 0 radical (unpaired) electrons. The van der Waals surface area contributed by atoms with E-state index in [1.807, 2.05) is 19.1 Å². The zero-order valence-corrected chi connectivity index (χ0v) is 19.3. The number of methoxy groups -OCH3 is 1. The van der Waals surface area contributed by atoms with Crippen LogP contribution in [0.2, 0.25) is 0 Å². The summed E-state index contributed by atoms with van der Waals surface area (Å²) in [5, 5.41) is 3.60. The minimum atomic E-state index is -3.83. The van der Waals surface area contributed by atoms with Crippen LogP contribution in [0.25, 0.3) is 11.0 Å². The number of aryl methyl sites for hydroxylation is 2. The van der Waals surface area contributed by atoms with E-state index in [-0.39, 0.29) is 17.2 Å². The van der Waals surface area contributed by atoms with Crippen LogP contribution in [0.4, 0.5) is 11.4 Å². The summed E-state index contributed by atoms with van der Waals surface area (Å²) in [7, 11) is -2.26. The smallest absolute Gasteiger partial charge is 0.262 e. The van der Waals surface area contributed by atoms with Crippen molar-refractivity contribution in [2.45, 2.75) is 25.2 Å². The number of nitrogens with one attached hydrogen (secondary N) is 2. The number of hydrogen-bond donors (Lipinski definition) is 2. The maximum absolute atomic E-state index is 13.0. The summed E-state index contributed by atoms with van der Waals surface area (Å²) in [4.78, 5) is 12.8. The zero-order chi connectivity index (χ0) is 23.6. The van der Waals surface area contributed by atoms with Crippen LogP contribution in [-0.4, -0.2) is 21.4 Å². The average Bonchev–Trinajstić information content (AvgIpc) is 3.16. The van der Waals surface area contributed by atoms with Crippen LogP contribution in [0.1, 0.15) is 16.7 Å². The molecule has 2 N–H and O–H groups in total. The molecule has 7 nitrogen and oxygen atoms in total. The predicted molar refractivity (Wildman–Crippen MR) is 128 cm³/mol. The van der Waals surface area contributed by atoms with Crippen molar-refractivity contribution in [2.24, 2.45) is 0 Å². The van der Waals surface area contributed by atoms with Crippen LogP contribution in [-0.2, 0) is 21.2 Å². The fourth-order valence-corrected chi connectivity index (χ4v) is 4.91. The van der Waals surface area contributed by atoms with E-state index in [0.29, 0.717) is 28.3 Å². The SMILES string of the molecule is COc1ccc2c(CC(=O)Nc3ccc(C)c(S(=O)(=O)Nc4cccc(C)c4)c3)coc2c1. The Labute approximate surface area is 192 Å². The normalized spacial score (nSPS) is 11.4. The molecule has 0 aliphatic heterocycles. The topological polar surface area (TPSA) is 97.6 Å². The molecule has 0 fully saturated rings. The Bertz CT molecular complexity index is 1440. The van der Waals surface area contributed by atoms with E-state index >= 15 is 0 Å². The van der Waals surface area contributed by atoms with Gasteiger partial charge in [0.25, 0.3) is 10.0 Å². The number of carbonyl (C=O) groups is 1. The number of anilines is 2. The molecule has 1 amide bonds. The van der Waals surface area contributed by atoms with Crippen molar-refractivity contribution < 1.29 is 22.4 Å². The average molecular weight is 465 g/mol. The minimum Gasteiger partial charge on any atom is -0.497 e. The van der Waals surface area contributed by atoms with Crippen LogP contribution in [0.15, 0.2) is 76.2 Å². The lowest BCUT2D eigenvalue weighted by Gasteiger charge is -2.13. The quantitative estimate of drug-likeness (QED) is 0.399. The number of carbonyl (C=O) groups excluding carboxylic acids is 1. The molecule has 0 aliphatic carbocycles. The Kier molecular flexibility index (Phi) is 6.11. The molecule has 0 unspecified atom stereocenters. The number of rotatable bonds is 7. The Morgan fingerprint density at radius 3 is 2.58 bits per heavy atom. The largest absolute Gasteiger partial charge is 0.497 e. The molecule has 170 valence electrons. The first-order chi connectivity index (χ1) is 15.7. The van der Waals surface area contributed by atoms with Crippen LogP contribution in [0.3, 0.4) is 0 Å². The van der Waals surface area contributed by atoms with Crippen molar-refractivity contribution in [1.82, 2.24) is 0 Å². The first kappa shape index (κ1) is 22.4. The van der Waals surface area contributed by atoms with Gasteiger partial charge in [0.15, 0.2) is 0 Å². The molecule has 4 aromatic rings. The fraction of sp³-hybridized carbons (Fsp3) is 0.160. The van der Waals surface area contributed by atoms with E-state index in [9.17, 15) is 13.2 Å². The second kappa shape index (κ2) is 8.99. The molecular weight excluding hydrogens is 440 g/mol. The van der Waals surface area contributed by atoms with E-state index in [2.05, 4.69) is 10.0 Å². The third-order valence-corrected chi connectivity index (χ3v) is 6.77. The van der Waals surface area contributed by atoms with Gasteiger partial charge in [-0.15, -0.1) is 0 Å². The monoisotopic (exact) mass is 464 g/mol. The van der Waals surface area contributed by atoms with Crippen molar-refractivity contribution in [3.63, 3.8) is 0 Å². The first-order valence-corrected chi connectivity index (χ1v) is 11.8. The molecule has 0 aliphatic rings. The number of ether oxygens (including phenoxy) is 1. The third-order valence-electron chi connectivity index (χ3n) is 5.25. The Hall–Kier alpha value is -3.78. The molecule has 0 bridgehead atoms. The molecular formula is C25H24N2O5S. The molecule has 1 heterocycles. The first-order valence-electron chi connectivity index (χ1n) is 10.3. The molecule has 0 spiro atoms. The van der Waals surface area contributed by atoms with Gasteiger partial charge in [0.05, 0.1) is 24.7 Å². The molecule has 33 heavy (non-hydrogen) atoms. The lowest BCUT2D eigenvalue weighted by atomic mass is 10.1. The van der Waals surface area contributed by atoms with Crippen molar-refractivity contribution in [2.75, 3.05) is 17.1 Å². The van der Waals surface area contributed by atoms with E-state index in [4.69, 9.17) is 9.15 Å². The maximum atomic E-state index is 13.0. The molecule has 0 saturated carbocycles. The lowest BCUT2D eigenvalue weighted by Crippen LogP contribution is -2.17. The highest BCUT2D eigenvalue weighted by atomic mass is 32.2. The van der Waals surface area contributed by atoms with Crippen molar-refractivity contribution in [3.05, 3.63) is 83.6 Å². The van der Waals surface area contributed by atoms with Crippen LogP contribution < -0.4 is 14.8 Å². The van der Waals surface area contributed by atoms with Gasteiger partial charge < -0.3 is 14.5 Å². The van der Waals surface area contributed by atoms with Gasteiger partial charge in [-0.2, -0.15) is 0 Å². The van der Waals surface area contributed by atoms with Gasteiger partial charge in [0.2, 0.25) is 5.91 Å². The number of benzene rings is 3. The fourth-order valence-electron chi connectivity index (χ4n) is 3.59. The van der Waals surface area contributed by atoms with Gasteiger partial charge in [0.1, 0.15) is 11.3 Å². The molecule has 4 rings (SSSR count). The Balaban J connectivity index is 1.52. The lowest BCUT2D eigenvalue weighted by molar-refractivity contribution is -0.115. The highest BCUT2D eigenvalue weighted by Gasteiger charge is 2.19. The summed E-state index contributed by atoms with van der Waals surface area (Å²) in [6.07, 6.45) is 1.62. The van der Waals surface area contributed by atoms with Gasteiger partial charge in [-0.05, 0) is 61.4 Å². The number of fused-ring (bicyclic) bond motifs is 1. The molecule has 1 aromatic heterocycles. The second-order valence-corrected chi connectivity index (χ2v) is 9.45. The summed E-state index contributed by atoms with van der Waals surface area (Å²) < 4.78 is 39.3. The second-order valence-electron chi connectivity index (χ2n) is 7.80.